The van der Waals surface area contributed by atoms with E-state index in [0.29, 0.717) is 15.8 Å². The standard InChI is InChI=1S/C18H21N3O5/c1-17(2,3)24-15(22)21(16(23)25-18(4,5)6)14-12-8-7-11(10-19)9-13(12)26-20-14/h7-9H,1-6H3. The molecule has 0 saturated carbocycles. The van der Waals surface area contributed by atoms with Crippen molar-refractivity contribution < 1.29 is 23.6 Å². The second-order valence-electron chi connectivity index (χ2n) is 7.63. The van der Waals surface area contributed by atoms with Gasteiger partial charge in [0.2, 0.25) is 0 Å². The topological polar surface area (TPSA) is 106 Å². The highest BCUT2D eigenvalue weighted by Gasteiger charge is 2.35. The third kappa shape index (κ3) is 4.51. The number of fused-ring (bicyclic) bond motifs is 1. The SMILES string of the molecule is CC(C)(C)OC(=O)N(C(=O)OC(C)(C)C)c1noc2cc(C#N)ccc12. The fraction of sp³-hybridized carbons (Fsp3) is 0.444. The van der Waals surface area contributed by atoms with E-state index in [9.17, 15) is 9.59 Å². The Morgan fingerprint density at radius 1 is 1.08 bits per heavy atom. The van der Waals surface area contributed by atoms with Crippen molar-refractivity contribution in [1.29, 1.82) is 5.26 Å². The number of anilines is 1. The van der Waals surface area contributed by atoms with Gasteiger partial charge in [0.05, 0.1) is 17.0 Å². The van der Waals surface area contributed by atoms with Crippen LogP contribution in [-0.2, 0) is 9.47 Å². The second-order valence-corrected chi connectivity index (χ2v) is 7.63. The number of nitrogens with zero attached hydrogens (tertiary/aromatic N) is 3. The van der Waals surface area contributed by atoms with Crippen LogP contribution < -0.4 is 4.90 Å². The number of amides is 2. The van der Waals surface area contributed by atoms with E-state index < -0.39 is 23.4 Å². The predicted molar refractivity (Wildman–Crippen MR) is 93.7 cm³/mol. The molecule has 2 aromatic rings. The number of hydrogen-bond donors (Lipinski definition) is 0. The molecule has 8 nitrogen and oxygen atoms in total. The molecule has 0 N–H and O–H groups in total. The molecular formula is C18H21N3O5. The summed E-state index contributed by atoms with van der Waals surface area (Å²) in [6, 6.07) is 6.52. The van der Waals surface area contributed by atoms with Gasteiger partial charge in [0, 0.05) is 6.07 Å². The van der Waals surface area contributed by atoms with E-state index in [2.05, 4.69) is 5.16 Å². The zero-order valence-electron chi connectivity index (χ0n) is 15.6. The van der Waals surface area contributed by atoms with Crippen LogP contribution in [0.3, 0.4) is 0 Å². The Morgan fingerprint density at radius 2 is 1.62 bits per heavy atom. The van der Waals surface area contributed by atoms with Crippen LogP contribution in [0.15, 0.2) is 22.7 Å². The summed E-state index contributed by atoms with van der Waals surface area (Å²) in [4.78, 5) is 25.9. The van der Waals surface area contributed by atoms with Gasteiger partial charge in [0.15, 0.2) is 11.4 Å². The number of carbonyl (C=O) groups excluding carboxylic acids is 2. The summed E-state index contributed by atoms with van der Waals surface area (Å²) in [5, 5.41) is 13.2. The highest BCUT2D eigenvalue weighted by molar-refractivity contribution is 6.13. The van der Waals surface area contributed by atoms with Gasteiger partial charge in [0.1, 0.15) is 11.2 Å². The number of carbonyl (C=O) groups is 2. The normalized spacial score (nSPS) is 11.7. The fourth-order valence-corrected chi connectivity index (χ4v) is 2.02. The van der Waals surface area contributed by atoms with Crippen molar-refractivity contribution in [1.82, 2.24) is 5.16 Å². The molecular weight excluding hydrogens is 338 g/mol. The van der Waals surface area contributed by atoms with E-state index in [1.165, 1.54) is 12.1 Å². The van der Waals surface area contributed by atoms with Crippen LogP contribution in [-0.4, -0.2) is 28.5 Å². The van der Waals surface area contributed by atoms with Gasteiger partial charge in [0.25, 0.3) is 0 Å². The summed E-state index contributed by atoms with van der Waals surface area (Å²) in [6.07, 6.45) is -1.88. The molecule has 0 aliphatic carbocycles. The van der Waals surface area contributed by atoms with Gasteiger partial charge in [-0.25, -0.2) is 9.59 Å². The van der Waals surface area contributed by atoms with E-state index in [0.717, 1.165) is 0 Å². The molecule has 0 saturated heterocycles. The molecule has 0 unspecified atom stereocenters. The first-order valence-electron chi connectivity index (χ1n) is 7.97. The molecule has 2 rings (SSSR count). The quantitative estimate of drug-likeness (QED) is 0.744. The van der Waals surface area contributed by atoms with Gasteiger partial charge < -0.3 is 14.0 Å². The monoisotopic (exact) mass is 359 g/mol. The van der Waals surface area contributed by atoms with E-state index in [1.807, 2.05) is 6.07 Å². The van der Waals surface area contributed by atoms with E-state index in [1.54, 1.807) is 47.6 Å². The van der Waals surface area contributed by atoms with Crippen LogP contribution >= 0.6 is 0 Å². The van der Waals surface area contributed by atoms with Crippen LogP contribution in [0.5, 0.6) is 0 Å². The lowest BCUT2D eigenvalue weighted by atomic mass is 10.2. The van der Waals surface area contributed by atoms with Crippen molar-refractivity contribution in [2.75, 3.05) is 4.90 Å². The molecule has 1 heterocycles. The molecule has 0 spiro atoms. The Kier molecular flexibility index (Phi) is 4.94. The highest BCUT2D eigenvalue weighted by Crippen LogP contribution is 2.29. The van der Waals surface area contributed by atoms with Gasteiger partial charge in [-0.2, -0.15) is 10.2 Å². The molecule has 1 aromatic carbocycles. The van der Waals surface area contributed by atoms with Gasteiger partial charge in [-0.15, -0.1) is 0 Å². The van der Waals surface area contributed by atoms with E-state index >= 15 is 0 Å². The molecule has 2 amide bonds. The molecule has 0 fully saturated rings. The van der Waals surface area contributed by atoms with Crippen LogP contribution in [0.1, 0.15) is 47.1 Å². The van der Waals surface area contributed by atoms with E-state index in [4.69, 9.17) is 19.3 Å². The number of rotatable bonds is 1. The van der Waals surface area contributed by atoms with Crippen molar-refractivity contribution in [3.63, 3.8) is 0 Å². The summed E-state index contributed by atoms with van der Waals surface area (Å²) in [7, 11) is 0. The lowest BCUT2D eigenvalue weighted by Gasteiger charge is -2.27. The van der Waals surface area contributed by atoms with Crippen LogP contribution in [0.4, 0.5) is 15.4 Å². The number of benzene rings is 1. The Bertz CT molecular complexity index is 853. The van der Waals surface area contributed by atoms with Gasteiger partial charge in [-0.3, -0.25) is 0 Å². The summed E-state index contributed by atoms with van der Waals surface area (Å²) < 4.78 is 15.8. The van der Waals surface area contributed by atoms with Crippen molar-refractivity contribution in [2.24, 2.45) is 0 Å². The first-order chi connectivity index (χ1) is 11.9. The zero-order valence-corrected chi connectivity index (χ0v) is 15.6. The average Bonchev–Trinajstić information content (AvgIpc) is 2.86. The summed E-state index contributed by atoms with van der Waals surface area (Å²) in [5.41, 5.74) is -1.03. The highest BCUT2D eigenvalue weighted by atomic mass is 16.6. The van der Waals surface area contributed by atoms with Crippen molar-refractivity contribution in [3.05, 3.63) is 23.8 Å². The first kappa shape index (κ1) is 19.2. The number of aromatic nitrogens is 1. The average molecular weight is 359 g/mol. The minimum atomic E-state index is -0.939. The molecule has 0 atom stereocenters. The summed E-state index contributed by atoms with van der Waals surface area (Å²) >= 11 is 0. The fourth-order valence-electron chi connectivity index (χ4n) is 2.02. The van der Waals surface area contributed by atoms with Gasteiger partial charge >= 0.3 is 12.2 Å². The van der Waals surface area contributed by atoms with Crippen LogP contribution in [0.25, 0.3) is 11.0 Å². The van der Waals surface area contributed by atoms with Crippen molar-refractivity contribution in [3.8, 4) is 6.07 Å². The van der Waals surface area contributed by atoms with E-state index in [-0.39, 0.29) is 11.4 Å². The third-order valence-corrected chi connectivity index (χ3v) is 2.95. The maximum absolute atomic E-state index is 12.6. The molecule has 8 heteroatoms. The molecule has 0 aliphatic rings. The second kappa shape index (κ2) is 6.67. The lowest BCUT2D eigenvalue weighted by Crippen LogP contribution is -2.44. The minimum Gasteiger partial charge on any atom is -0.443 e. The Hall–Kier alpha value is -3.08. The summed E-state index contributed by atoms with van der Waals surface area (Å²) in [5.74, 6) is -0.0620. The number of imide groups is 1. The smallest absolute Gasteiger partial charge is 0.425 e. The molecule has 0 radical (unpaired) electrons. The van der Waals surface area contributed by atoms with Crippen molar-refractivity contribution >= 4 is 29.0 Å². The van der Waals surface area contributed by atoms with Crippen LogP contribution in [0, 0.1) is 11.3 Å². The van der Waals surface area contributed by atoms with Gasteiger partial charge in [-0.05, 0) is 53.7 Å². The first-order valence-corrected chi connectivity index (χ1v) is 7.97. The Labute approximate surface area is 151 Å². The molecule has 0 bridgehead atoms. The lowest BCUT2D eigenvalue weighted by molar-refractivity contribution is 0.0428. The molecule has 26 heavy (non-hydrogen) atoms. The predicted octanol–water partition coefficient (Wildman–Crippen LogP) is 4.38. The Balaban J connectivity index is 2.52. The zero-order chi connectivity index (χ0) is 19.7. The Morgan fingerprint density at radius 3 is 2.08 bits per heavy atom. The maximum Gasteiger partial charge on any atom is 0.425 e. The number of nitriles is 1. The molecule has 0 aliphatic heterocycles. The number of hydrogen-bond acceptors (Lipinski definition) is 7. The minimum absolute atomic E-state index is 0.0620. The molecule has 138 valence electrons. The number of ether oxygens (including phenoxy) is 2. The molecule has 1 aromatic heterocycles. The van der Waals surface area contributed by atoms with Crippen LogP contribution in [0.2, 0.25) is 0 Å². The third-order valence-electron chi connectivity index (χ3n) is 2.95. The largest absolute Gasteiger partial charge is 0.443 e. The van der Waals surface area contributed by atoms with Crippen molar-refractivity contribution in [2.45, 2.75) is 52.7 Å². The van der Waals surface area contributed by atoms with Gasteiger partial charge in [-0.1, -0.05) is 5.16 Å². The summed E-state index contributed by atoms with van der Waals surface area (Å²) in [6.45, 7) is 10.1. The maximum atomic E-state index is 12.6.